The molecule has 0 unspecified atom stereocenters. The first kappa shape index (κ1) is 11.6. The largest absolute Gasteiger partial charge is 0.420 e. The Labute approximate surface area is 115 Å². The van der Waals surface area contributed by atoms with E-state index in [0.717, 1.165) is 14.9 Å². The van der Waals surface area contributed by atoms with Gasteiger partial charge in [0.1, 0.15) is 0 Å². The van der Waals surface area contributed by atoms with Gasteiger partial charge in [0.05, 0.1) is 12.1 Å². The molecule has 0 saturated carbocycles. The number of anilines is 1. The summed E-state index contributed by atoms with van der Waals surface area (Å²) in [6, 6.07) is 7.14. The van der Waals surface area contributed by atoms with Gasteiger partial charge in [-0.05, 0) is 45.6 Å². The third-order valence-corrected chi connectivity index (χ3v) is 4.60. The van der Waals surface area contributed by atoms with E-state index in [4.69, 9.17) is 10.2 Å². The van der Waals surface area contributed by atoms with Crippen molar-refractivity contribution in [1.82, 2.24) is 4.57 Å². The highest BCUT2D eigenvalue weighted by Gasteiger charge is 2.11. The van der Waals surface area contributed by atoms with Crippen LogP contribution < -0.4 is 11.5 Å². The van der Waals surface area contributed by atoms with E-state index >= 15 is 0 Å². The van der Waals surface area contributed by atoms with Crippen LogP contribution in [0.1, 0.15) is 4.88 Å². The van der Waals surface area contributed by atoms with Crippen molar-refractivity contribution in [2.75, 3.05) is 5.73 Å². The van der Waals surface area contributed by atoms with Gasteiger partial charge in [-0.15, -0.1) is 11.3 Å². The number of thiophene rings is 1. The monoisotopic (exact) mass is 324 g/mol. The number of aromatic nitrogens is 1. The molecule has 0 aliphatic carbocycles. The van der Waals surface area contributed by atoms with Gasteiger partial charge in [-0.1, -0.05) is 0 Å². The van der Waals surface area contributed by atoms with E-state index in [1.807, 2.05) is 11.4 Å². The lowest BCUT2D eigenvalue weighted by Gasteiger charge is -2.01. The summed E-state index contributed by atoms with van der Waals surface area (Å²) in [5, 5.41) is 1.97. The number of fused-ring (bicyclic) bond motifs is 1. The van der Waals surface area contributed by atoms with Gasteiger partial charge in [-0.25, -0.2) is 4.79 Å². The summed E-state index contributed by atoms with van der Waals surface area (Å²) in [7, 11) is 0. The smallest absolute Gasteiger partial charge is 0.408 e. The normalized spacial score (nSPS) is 11.2. The Bertz CT molecular complexity index is 772. The number of nitrogens with zero attached hydrogens (tertiary/aromatic N) is 1. The van der Waals surface area contributed by atoms with Crippen LogP contribution in [0.15, 0.2) is 43.3 Å². The highest BCUT2D eigenvalue weighted by atomic mass is 79.9. The highest BCUT2D eigenvalue weighted by Crippen LogP contribution is 2.25. The van der Waals surface area contributed by atoms with Crippen LogP contribution in [0, 0.1) is 0 Å². The van der Waals surface area contributed by atoms with Gasteiger partial charge in [0.25, 0.3) is 0 Å². The molecule has 0 aliphatic heterocycles. The third-order valence-electron chi connectivity index (χ3n) is 2.68. The molecule has 0 aliphatic rings. The molecule has 2 heterocycles. The molecule has 6 heteroatoms. The van der Waals surface area contributed by atoms with Gasteiger partial charge in [0.15, 0.2) is 5.58 Å². The van der Waals surface area contributed by atoms with E-state index in [2.05, 4.69) is 15.9 Å². The third kappa shape index (κ3) is 1.87. The summed E-state index contributed by atoms with van der Waals surface area (Å²) in [6.07, 6.45) is 0. The fourth-order valence-corrected chi connectivity index (χ4v) is 3.28. The quantitative estimate of drug-likeness (QED) is 0.737. The maximum Gasteiger partial charge on any atom is 0.420 e. The zero-order chi connectivity index (χ0) is 12.7. The molecule has 0 fully saturated rings. The van der Waals surface area contributed by atoms with Crippen LogP contribution in [0.5, 0.6) is 0 Å². The SMILES string of the molecule is Nc1ccc2oc(=O)n(Cc3sccc3Br)c2c1. The molecule has 0 amide bonds. The molecule has 3 rings (SSSR count). The van der Waals surface area contributed by atoms with E-state index in [9.17, 15) is 4.79 Å². The molecule has 0 bridgehead atoms. The minimum atomic E-state index is -0.365. The molecule has 0 saturated heterocycles. The second kappa shape index (κ2) is 4.29. The predicted molar refractivity (Wildman–Crippen MR) is 76.0 cm³/mol. The lowest BCUT2D eigenvalue weighted by Crippen LogP contribution is -2.14. The molecular weight excluding hydrogens is 316 g/mol. The van der Waals surface area contributed by atoms with Gasteiger partial charge in [0.2, 0.25) is 0 Å². The average Bonchev–Trinajstić information content (AvgIpc) is 2.86. The minimum absolute atomic E-state index is 0.365. The zero-order valence-corrected chi connectivity index (χ0v) is 11.6. The number of nitrogen functional groups attached to an aromatic ring is 1. The molecule has 2 N–H and O–H groups in total. The first-order valence-corrected chi connectivity index (χ1v) is 6.93. The molecule has 1 aromatic carbocycles. The molecule has 3 aromatic rings. The van der Waals surface area contributed by atoms with Crippen molar-refractivity contribution < 1.29 is 4.42 Å². The van der Waals surface area contributed by atoms with Crippen LogP contribution in [0.3, 0.4) is 0 Å². The summed E-state index contributed by atoms with van der Waals surface area (Å²) in [5.41, 5.74) is 7.63. The summed E-state index contributed by atoms with van der Waals surface area (Å²) in [5.74, 6) is -0.365. The number of benzene rings is 1. The van der Waals surface area contributed by atoms with Crippen LogP contribution in [0.25, 0.3) is 11.1 Å². The Hall–Kier alpha value is -1.53. The summed E-state index contributed by atoms with van der Waals surface area (Å²) >= 11 is 5.04. The molecule has 0 radical (unpaired) electrons. The Kier molecular flexibility index (Phi) is 2.76. The number of hydrogen-bond donors (Lipinski definition) is 1. The number of rotatable bonds is 2. The lowest BCUT2D eigenvalue weighted by atomic mass is 10.3. The van der Waals surface area contributed by atoms with Gasteiger partial charge in [-0.3, -0.25) is 4.57 Å². The second-order valence-corrected chi connectivity index (χ2v) is 5.73. The molecule has 0 atom stereocenters. The summed E-state index contributed by atoms with van der Waals surface area (Å²) in [4.78, 5) is 12.9. The first-order valence-electron chi connectivity index (χ1n) is 5.26. The molecule has 18 heavy (non-hydrogen) atoms. The first-order chi connectivity index (χ1) is 8.65. The molecule has 4 nitrogen and oxygen atoms in total. The van der Waals surface area contributed by atoms with Gasteiger partial charge in [0, 0.05) is 15.0 Å². The maximum absolute atomic E-state index is 11.8. The van der Waals surface area contributed by atoms with Crippen LogP contribution >= 0.6 is 27.3 Å². The number of oxazole rings is 1. The van der Waals surface area contributed by atoms with Crippen LogP contribution in [-0.4, -0.2) is 4.57 Å². The second-order valence-electron chi connectivity index (χ2n) is 3.87. The van der Waals surface area contributed by atoms with Gasteiger partial charge in [-0.2, -0.15) is 0 Å². The van der Waals surface area contributed by atoms with Crippen LogP contribution in [0.2, 0.25) is 0 Å². The van der Waals surface area contributed by atoms with Crippen LogP contribution in [0.4, 0.5) is 5.69 Å². The van der Waals surface area contributed by atoms with Crippen molar-refractivity contribution in [3.8, 4) is 0 Å². The fourth-order valence-electron chi connectivity index (χ4n) is 1.81. The van der Waals surface area contributed by atoms with Crippen molar-refractivity contribution >= 4 is 44.1 Å². The molecule has 2 aromatic heterocycles. The zero-order valence-electron chi connectivity index (χ0n) is 9.22. The van der Waals surface area contributed by atoms with Gasteiger partial charge < -0.3 is 10.2 Å². The molecular formula is C12H9BrN2O2S. The van der Waals surface area contributed by atoms with Crippen molar-refractivity contribution in [3.05, 3.63) is 49.5 Å². The van der Waals surface area contributed by atoms with E-state index in [-0.39, 0.29) is 5.76 Å². The maximum atomic E-state index is 11.8. The van der Waals surface area contributed by atoms with Crippen molar-refractivity contribution in [1.29, 1.82) is 0 Å². The van der Waals surface area contributed by atoms with E-state index < -0.39 is 0 Å². The van der Waals surface area contributed by atoms with Gasteiger partial charge >= 0.3 is 5.76 Å². The number of hydrogen-bond acceptors (Lipinski definition) is 4. The van der Waals surface area contributed by atoms with Crippen molar-refractivity contribution in [2.45, 2.75) is 6.54 Å². The topological polar surface area (TPSA) is 61.2 Å². The Morgan fingerprint density at radius 2 is 2.22 bits per heavy atom. The Morgan fingerprint density at radius 3 is 2.94 bits per heavy atom. The molecule has 92 valence electrons. The number of nitrogens with two attached hydrogens (primary N) is 1. The van der Waals surface area contributed by atoms with E-state index in [1.165, 1.54) is 0 Å². The van der Waals surface area contributed by atoms with Crippen molar-refractivity contribution in [3.63, 3.8) is 0 Å². The molecule has 0 spiro atoms. The van der Waals surface area contributed by atoms with Crippen LogP contribution in [-0.2, 0) is 6.54 Å². The van der Waals surface area contributed by atoms with E-state index in [1.54, 1.807) is 34.1 Å². The standard InChI is InChI=1S/C12H9BrN2O2S/c13-8-3-4-18-11(8)6-15-9-5-7(14)1-2-10(9)17-12(15)16/h1-5H,6,14H2. The predicted octanol–water partition coefficient (Wildman–Crippen LogP) is 3.05. The highest BCUT2D eigenvalue weighted by molar-refractivity contribution is 9.10. The fraction of sp³-hybridized carbons (Fsp3) is 0.0833. The minimum Gasteiger partial charge on any atom is -0.408 e. The summed E-state index contributed by atoms with van der Waals surface area (Å²) < 4.78 is 7.77. The summed E-state index contributed by atoms with van der Waals surface area (Å²) in [6.45, 7) is 0.480. The average molecular weight is 325 g/mol. The lowest BCUT2D eigenvalue weighted by molar-refractivity contribution is 0.518. The number of halogens is 1. The Balaban J connectivity index is 2.17. The Morgan fingerprint density at radius 1 is 1.39 bits per heavy atom. The van der Waals surface area contributed by atoms with Crippen molar-refractivity contribution in [2.24, 2.45) is 0 Å². The van der Waals surface area contributed by atoms with E-state index in [0.29, 0.717) is 17.8 Å².